The number of alkyl halides is 1. The second-order valence-corrected chi connectivity index (χ2v) is 2.64. The number of unbranched alkanes of at least 4 members (excludes halogenated alkanes) is 3. The number of halogens is 1. The predicted molar refractivity (Wildman–Crippen MR) is 38.7 cm³/mol. The minimum atomic E-state index is -1.77. The molecule has 0 aliphatic rings. The van der Waals surface area contributed by atoms with Crippen LogP contribution in [-0.4, -0.2) is 12.1 Å². The summed E-state index contributed by atoms with van der Waals surface area (Å²) in [5.41, 5.74) is 0. The van der Waals surface area contributed by atoms with E-state index in [1.165, 1.54) is 0 Å². The van der Waals surface area contributed by atoms with E-state index in [4.69, 9.17) is 0 Å². The van der Waals surface area contributed by atoms with Crippen molar-refractivity contribution in [1.29, 1.82) is 0 Å². The summed E-state index contributed by atoms with van der Waals surface area (Å²) in [4.78, 5) is 9.88. The van der Waals surface area contributed by atoms with Crippen LogP contribution < -0.4 is 34.7 Å². The molecule has 0 spiro atoms. The third-order valence-corrected chi connectivity index (χ3v) is 1.57. The van der Waals surface area contributed by atoms with Crippen LogP contribution in [0, 0.1) is 0 Å². The molecule has 0 aromatic heterocycles. The van der Waals surface area contributed by atoms with Crippen molar-refractivity contribution in [1.82, 2.24) is 0 Å². The van der Waals surface area contributed by atoms with Crippen molar-refractivity contribution in [2.75, 3.05) is 0 Å². The van der Waals surface area contributed by atoms with Crippen molar-refractivity contribution in [2.24, 2.45) is 0 Å². The van der Waals surface area contributed by atoms with Gasteiger partial charge in [0, 0.05) is 0 Å². The number of carboxylic acid groups (broad SMARTS) is 1. The van der Waals surface area contributed by atoms with E-state index in [0.29, 0.717) is 6.42 Å². The molecule has 0 aliphatic carbocycles. The van der Waals surface area contributed by atoms with Gasteiger partial charge in [0.1, 0.15) is 6.17 Å². The smallest absolute Gasteiger partial charge is 0.547 e. The summed E-state index contributed by atoms with van der Waals surface area (Å²) in [7, 11) is 0. The van der Waals surface area contributed by atoms with Crippen LogP contribution in [-0.2, 0) is 4.79 Å². The van der Waals surface area contributed by atoms with Gasteiger partial charge in [-0.3, -0.25) is 0 Å². The largest absolute Gasteiger partial charge is 1.00 e. The summed E-state index contributed by atoms with van der Waals surface area (Å²) in [6.07, 6.45) is 1.99. The molecule has 1 atom stereocenters. The zero-order chi connectivity index (χ0) is 8.69. The molecule has 12 heavy (non-hydrogen) atoms. The van der Waals surface area contributed by atoms with E-state index < -0.39 is 12.1 Å². The molecule has 0 radical (unpaired) electrons. The second kappa shape index (κ2) is 9.49. The van der Waals surface area contributed by atoms with Crippen molar-refractivity contribution in [3.63, 3.8) is 0 Å². The van der Waals surface area contributed by atoms with Gasteiger partial charge >= 0.3 is 29.6 Å². The number of hydrogen-bond acceptors (Lipinski definition) is 2. The molecule has 0 saturated heterocycles. The van der Waals surface area contributed by atoms with Gasteiger partial charge in [0.05, 0.1) is 5.97 Å². The van der Waals surface area contributed by atoms with Crippen molar-refractivity contribution in [3.05, 3.63) is 0 Å². The van der Waals surface area contributed by atoms with E-state index in [0.717, 1.165) is 19.3 Å². The van der Waals surface area contributed by atoms with E-state index in [1.807, 2.05) is 6.92 Å². The van der Waals surface area contributed by atoms with E-state index in [2.05, 4.69) is 0 Å². The van der Waals surface area contributed by atoms with E-state index >= 15 is 0 Å². The molecular weight excluding hydrogens is 170 g/mol. The van der Waals surface area contributed by atoms with Crippen LogP contribution >= 0.6 is 0 Å². The standard InChI is InChI=1S/C8H15FO2.Na/c1-2-3-4-5-6-7(9)8(10)11;/h7H,2-6H2,1H3,(H,10,11);/q;+1/p-1. The fourth-order valence-electron chi connectivity index (χ4n) is 0.868. The van der Waals surface area contributed by atoms with Crippen molar-refractivity contribution in [3.8, 4) is 0 Å². The molecule has 0 aromatic carbocycles. The van der Waals surface area contributed by atoms with Gasteiger partial charge < -0.3 is 9.90 Å². The van der Waals surface area contributed by atoms with Crippen LogP contribution in [0.2, 0.25) is 0 Å². The van der Waals surface area contributed by atoms with Gasteiger partial charge in [0.25, 0.3) is 0 Å². The molecule has 66 valence electrons. The fourth-order valence-corrected chi connectivity index (χ4v) is 0.868. The number of hydrogen-bond donors (Lipinski definition) is 0. The minimum Gasteiger partial charge on any atom is -0.547 e. The molecule has 4 heteroatoms. The number of carboxylic acids is 1. The van der Waals surface area contributed by atoms with E-state index in [-0.39, 0.29) is 36.0 Å². The van der Waals surface area contributed by atoms with Gasteiger partial charge in [-0.1, -0.05) is 32.6 Å². The number of carbonyl (C=O) groups excluding carboxylic acids is 1. The number of carbonyl (C=O) groups is 1. The predicted octanol–water partition coefficient (Wildman–Crippen LogP) is -1.95. The minimum absolute atomic E-state index is 0. The van der Waals surface area contributed by atoms with Crippen molar-refractivity contribution < 1.29 is 43.8 Å². The summed E-state index contributed by atoms with van der Waals surface area (Å²) < 4.78 is 12.3. The van der Waals surface area contributed by atoms with Crippen molar-refractivity contribution in [2.45, 2.75) is 45.2 Å². The molecule has 0 amide bonds. The molecule has 0 aromatic rings. The van der Waals surface area contributed by atoms with E-state index in [1.54, 1.807) is 0 Å². The number of rotatable bonds is 6. The third-order valence-electron chi connectivity index (χ3n) is 1.57. The first-order chi connectivity index (χ1) is 5.18. The molecule has 0 aliphatic heterocycles. The van der Waals surface area contributed by atoms with Crippen LogP contribution in [0.25, 0.3) is 0 Å². The summed E-state index contributed by atoms with van der Waals surface area (Å²) in [6.45, 7) is 2.05. The fraction of sp³-hybridized carbons (Fsp3) is 0.875. The molecule has 0 N–H and O–H groups in total. The Bertz CT molecular complexity index is 120. The van der Waals surface area contributed by atoms with Crippen LogP contribution in [0.5, 0.6) is 0 Å². The zero-order valence-electron chi connectivity index (χ0n) is 7.81. The molecular formula is C8H14FNaO2. The topological polar surface area (TPSA) is 40.1 Å². The first-order valence-electron chi connectivity index (χ1n) is 4.03. The Morgan fingerprint density at radius 3 is 2.42 bits per heavy atom. The maximum absolute atomic E-state index is 12.3. The molecule has 0 fully saturated rings. The summed E-state index contributed by atoms with van der Waals surface area (Å²) in [5, 5.41) is 9.88. The van der Waals surface area contributed by atoms with Crippen LogP contribution in [0.15, 0.2) is 0 Å². The molecule has 0 heterocycles. The van der Waals surface area contributed by atoms with E-state index in [9.17, 15) is 14.3 Å². The molecule has 0 rings (SSSR count). The Labute approximate surface area is 94.8 Å². The third kappa shape index (κ3) is 8.50. The second-order valence-electron chi connectivity index (χ2n) is 2.64. The quantitative estimate of drug-likeness (QED) is 0.355. The van der Waals surface area contributed by atoms with Crippen LogP contribution in [0.3, 0.4) is 0 Å². The SMILES string of the molecule is CCCCCCC(F)C(=O)[O-].[Na+]. The van der Waals surface area contributed by atoms with Gasteiger partial charge in [-0.2, -0.15) is 0 Å². The average molecular weight is 184 g/mol. The van der Waals surface area contributed by atoms with Gasteiger partial charge in [0.15, 0.2) is 0 Å². The Balaban J connectivity index is 0. The van der Waals surface area contributed by atoms with Gasteiger partial charge in [-0.15, -0.1) is 0 Å². The molecule has 0 bridgehead atoms. The summed E-state index contributed by atoms with van der Waals surface area (Å²) in [6, 6.07) is 0. The van der Waals surface area contributed by atoms with Gasteiger partial charge in [-0.05, 0) is 6.42 Å². The maximum Gasteiger partial charge on any atom is 1.00 e. The summed E-state index contributed by atoms with van der Waals surface area (Å²) >= 11 is 0. The average Bonchev–Trinajstić information content (AvgIpc) is 1.97. The Hall–Kier alpha value is 0.400. The van der Waals surface area contributed by atoms with Gasteiger partial charge in [-0.25, -0.2) is 4.39 Å². The molecule has 0 saturated carbocycles. The van der Waals surface area contributed by atoms with Gasteiger partial charge in [0.2, 0.25) is 0 Å². The van der Waals surface area contributed by atoms with Crippen LogP contribution in [0.4, 0.5) is 4.39 Å². The maximum atomic E-state index is 12.3. The first-order valence-corrected chi connectivity index (χ1v) is 4.03. The normalized spacial score (nSPS) is 11.8. The Kier molecular flexibility index (Phi) is 11.8. The first kappa shape index (κ1) is 14.9. The zero-order valence-corrected chi connectivity index (χ0v) is 9.81. The number of aliphatic carboxylic acids is 1. The summed E-state index contributed by atoms with van der Waals surface area (Å²) in [5.74, 6) is -1.58. The molecule has 1 unspecified atom stereocenters. The Morgan fingerprint density at radius 1 is 1.42 bits per heavy atom. The van der Waals surface area contributed by atoms with Crippen LogP contribution in [0.1, 0.15) is 39.0 Å². The Morgan fingerprint density at radius 2 is 2.00 bits per heavy atom. The van der Waals surface area contributed by atoms with Crippen molar-refractivity contribution >= 4 is 5.97 Å². The monoisotopic (exact) mass is 184 g/mol. The molecule has 2 nitrogen and oxygen atoms in total.